The molecule has 0 bridgehead atoms. The minimum Gasteiger partial charge on any atom is -0.370 e. The normalized spacial score (nSPS) is 17.3. The molecule has 0 saturated carbocycles. The van der Waals surface area contributed by atoms with Crippen LogP contribution in [0.3, 0.4) is 0 Å². The second kappa shape index (κ2) is 7.09. The van der Waals surface area contributed by atoms with Crippen molar-refractivity contribution >= 4 is 5.91 Å². The zero-order valence-electron chi connectivity index (χ0n) is 14.6. The zero-order chi connectivity index (χ0) is 17.9. The number of carbonyl (C=O) groups is 1. The summed E-state index contributed by atoms with van der Waals surface area (Å²) in [6, 6.07) is 13.8. The molecule has 3 aromatic rings. The van der Waals surface area contributed by atoms with Crippen LogP contribution in [0.2, 0.25) is 0 Å². The van der Waals surface area contributed by atoms with Crippen molar-refractivity contribution < 1.29 is 9.53 Å². The van der Waals surface area contributed by atoms with E-state index in [2.05, 4.69) is 10.1 Å². The van der Waals surface area contributed by atoms with Gasteiger partial charge >= 0.3 is 0 Å². The summed E-state index contributed by atoms with van der Waals surface area (Å²) < 4.78 is 7.63. The van der Waals surface area contributed by atoms with Crippen molar-refractivity contribution in [2.75, 3.05) is 19.7 Å². The summed E-state index contributed by atoms with van der Waals surface area (Å²) in [5.74, 6) is -0.00737. The fraction of sp³-hybridized carbons (Fsp3) is 0.250. The van der Waals surface area contributed by atoms with Crippen molar-refractivity contribution in [3.63, 3.8) is 0 Å². The van der Waals surface area contributed by atoms with Crippen molar-refractivity contribution in [1.82, 2.24) is 19.7 Å². The van der Waals surface area contributed by atoms with Gasteiger partial charge in [0.1, 0.15) is 6.10 Å². The number of amides is 1. The molecular formula is C20H20N4O2. The van der Waals surface area contributed by atoms with Crippen LogP contribution in [-0.4, -0.2) is 45.3 Å². The molecule has 6 nitrogen and oxygen atoms in total. The molecule has 3 heterocycles. The van der Waals surface area contributed by atoms with E-state index in [1.54, 1.807) is 23.3 Å². The number of rotatable bonds is 3. The number of morpholine rings is 1. The fourth-order valence-electron chi connectivity index (χ4n) is 3.24. The number of pyridine rings is 1. The standard InChI is InChI=1S/C20H20N4O2/c1-15-18(13-22-24(15)17-7-9-21-10-8-17)20(25)23-11-12-26-19(14-23)16-5-3-2-4-6-16/h2-10,13,19H,11-12,14H2,1H3. The van der Waals surface area contributed by atoms with Crippen molar-refractivity contribution in [2.24, 2.45) is 0 Å². The third-order valence-electron chi connectivity index (χ3n) is 4.67. The van der Waals surface area contributed by atoms with E-state index in [4.69, 9.17) is 4.74 Å². The Morgan fingerprint density at radius 2 is 1.92 bits per heavy atom. The molecule has 2 aromatic heterocycles. The summed E-state index contributed by atoms with van der Waals surface area (Å²) in [5.41, 5.74) is 3.43. The molecule has 1 saturated heterocycles. The maximum Gasteiger partial charge on any atom is 0.257 e. The molecule has 0 radical (unpaired) electrons. The first-order valence-electron chi connectivity index (χ1n) is 8.65. The lowest BCUT2D eigenvalue weighted by atomic mass is 10.1. The Balaban J connectivity index is 1.55. The molecule has 132 valence electrons. The molecule has 1 fully saturated rings. The Kier molecular flexibility index (Phi) is 4.50. The van der Waals surface area contributed by atoms with E-state index >= 15 is 0 Å². The Hall–Kier alpha value is -2.99. The highest BCUT2D eigenvalue weighted by Crippen LogP contribution is 2.24. The van der Waals surface area contributed by atoms with Gasteiger partial charge in [0, 0.05) is 18.9 Å². The van der Waals surface area contributed by atoms with Crippen molar-refractivity contribution in [3.05, 3.63) is 77.9 Å². The Labute approximate surface area is 152 Å². The van der Waals surface area contributed by atoms with Gasteiger partial charge < -0.3 is 9.64 Å². The Bertz CT molecular complexity index is 893. The SMILES string of the molecule is Cc1c(C(=O)N2CCOC(c3ccccc3)C2)cnn1-c1ccncc1. The van der Waals surface area contributed by atoms with Crippen LogP contribution >= 0.6 is 0 Å². The molecule has 4 rings (SSSR count). The predicted molar refractivity (Wildman–Crippen MR) is 97.1 cm³/mol. The van der Waals surface area contributed by atoms with Gasteiger partial charge in [-0.2, -0.15) is 5.10 Å². The van der Waals surface area contributed by atoms with Crippen molar-refractivity contribution in [1.29, 1.82) is 0 Å². The number of hydrogen-bond donors (Lipinski definition) is 0. The van der Waals surface area contributed by atoms with E-state index in [1.165, 1.54) is 0 Å². The first-order chi connectivity index (χ1) is 12.7. The van der Waals surface area contributed by atoms with Crippen LogP contribution in [0.15, 0.2) is 61.1 Å². The van der Waals surface area contributed by atoms with Crippen LogP contribution in [0.5, 0.6) is 0 Å². The topological polar surface area (TPSA) is 60.3 Å². The summed E-state index contributed by atoms with van der Waals surface area (Å²) in [7, 11) is 0. The molecular weight excluding hydrogens is 328 g/mol. The minimum atomic E-state index is -0.0931. The summed E-state index contributed by atoms with van der Waals surface area (Å²) in [6.45, 7) is 3.57. The van der Waals surface area contributed by atoms with Gasteiger partial charge in [0.2, 0.25) is 0 Å². The van der Waals surface area contributed by atoms with E-state index in [1.807, 2.05) is 54.3 Å². The average Bonchev–Trinajstić information content (AvgIpc) is 3.10. The highest BCUT2D eigenvalue weighted by molar-refractivity contribution is 5.95. The highest BCUT2D eigenvalue weighted by Gasteiger charge is 2.28. The van der Waals surface area contributed by atoms with Gasteiger partial charge in [0.05, 0.1) is 36.3 Å². The first-order valence-corrected chi connectivity index (χ1v) is 8.65. The highest BCUT2D eigenvalue weighted by atomic mass is 16.5. The van der Waals surface area contributed by atoms with Crippen LogP contribution in [0.1, 0.15) is 27.7 Å². The molecule has 6 heteroatoms. The van der Waals surface area contributed by atoms with E-state index in [9.17, 15) is 4.79 Å². The predicted octanol–water partition coefficient (Wildman–Crippen LogP) is 2.79. The number of nitrogens with zero attached hydrogens (tertiary/aromatic N) is 4. The summed E-state index contributed by atoms with van der Waals surface area (Å²) in [6.07, 6.45) is 4.98. The Morgan fingerprint density at radius 3 is 2.69 bits per heavy atom. The lowest BCUT2D eigenvalue weighted by molar-refractivity contribution is -0.0228. The largest absolute Gasteiger partial charge is 0.370 e. The molecule has 1 unspecified atom stereocenters. The molecule has 1 aromatic carbocycles. The molecule has 0 aliphatic carbocycles. The van der Waals surface area contributed by atoms with Crippen molar-refractivity contribution in [3.8, 4) is 5.69 Å². The van der Waals surface area contributed by atoms with Gasteiger partial charge in [0.25, 0.3) is 5.91 Å². The molecule has 1 atom stereocenters. The molecule has 1 aliphatic heterocycles. The second-order valence-corrected chi connectivity index (χ2v) is 6.28. The van der Waals surface area contributed by atoms with E-state index in [-0.39, 0.29) is 12.0 Å². The lowest BCUT2D eigenvalue weighted by Crippen LogP contribution is -2.42. The minimum absolute atomic E-state index is 0.00737. The van der Waals surface area contributed by atoms with E-state index in [0.717, 1.165) is 16.9 Å². The van der Waals surface area contributed by atoms with E-state index in [0.29, 0.717) is 25.3 Å². The average molecular weight is 348 g/mol. The summed E-state index contributed by atoms with van der Waals surface area (Å²) in [4.78, 5) is 18.9. The quantitative estimate of drug-likeness (QED) is 0.730. The number of ether oxygens (including phenoxy) is 1. The number of carbonyl (C=O) groups excluding carboxylic acids is 1. The summed E-state index contributed by atoms with van der Waals surface area (Å²) >= 11 is 0. The smallest absolute Gasteiger partial charge is 0.257 e. The Morgan fingerprint density at radius 1 is 1.15 bits per heavy atom. The third kappa shape index (κ3) is 3.11. The van der Waals surface area contributed by atoms with Crippen molar-refractivity contribution in [2.45, 2.75) is 13.0 Å². The zero-order valence-corrected chi connectivity index (χ0v) is 14.6. The van der Waals surface area contributed by atoms with Crippen LogP contribution < -0.4 is 0 Å². The number of hydrogen-bond acceptors (Lipinski definition) is 4. The van der Waals surface area contributed by atoms with E-state index < -0.39 is 0 Å². The van der Waals surface area contributed by atoms with Gasteiger partial charge in [-0.15, -0.1) is 0 Å². The molecule has 1 amide bonds. The number of aromatic nitrogens is 3. The number of benzene rings is 1. The summed E-state index contributed by atoms with van der Waals surface area (Å²) in [5, 5.41) is 4.39. The fourth-order valence-corrected chi connectivity index (χ4v) is 3.24. The van der Waals surface area contributed by atoms with Crippen LogP contribution in [0.4, 0.5) is 0 Å². The van der Waals surface area contributed by atoms with Gasteiger partial charge in [0.15, 0.2) is 0 Å². The van der Waals surface area contributed by atoms with Gasteiger partial charge in [-0.25, -0.2) is 4.68 Å². The maximum atomic E-state index is 13.0. The van der Waals surface area contributed by atoms with Gasteiger partial charge in [-0.1, -0.05) is 30.3 Å². The van der Waals surface area contributed by atoms with Gasteiger partial charge in [-0.05, 0) is 24.6 Å². The molecule has 26 heavy (non-hydrogen) atoms. The monoisotopic (exact) mass is 348 g/mol. The molecule has 1 aliphatic rings. The molecule has 0 spiro atoms. The lowest BCUT2D eigenvalue weighted by Gasteiger charge is -2.33. The maximum absolute atomic E-state index is 13.0. The van der Waals surface area contributed by atoms with Crippen LogP contribution in [0, 0.1) is 6.92 Å². The third-order valence-corrected chi connectivity index (χ3v) is 4.67. The molecule has 0 N–H and O–H groups in total. The second-order valence-electron chi connectivity index (χ2n) is 6.28. The first kappa shape index (κ1) is 16.5. The van der Waals surface area contributed by atoms with Crippen LogP contribution in [-0.2, 0) is 4.74 Å². The van der Waals surface area contributed by atoms with Gasteiger partial charge in [-0.3, -0.25) is 9.78 Å². The van der Waals surface area contributed by atoms with Crippen LogP contribution in [0.25, 0.3) is 5.69 Å².